The summed E-state index contributed by atoms with van der Waals surface area (Å²) < 4.78 is 0. The lowest BCUT2D eigenvalue weighted by Gasteiger charge is -2.01. The van der Waals surface area contributed by atoms with E-state index >= 15 is 0 Å². The zero-order chi connectivity index (χ0) is 12.7. The van der Waals surface area contributed by atoms with Crippen molar-refractivity contribution in [2.45, 2.75) is 61.3 Å². The van der Waals surface area contributed by atoms with E-state index in [4.69, 9.17) is 0 Å². The van der Waals surface area contributed by atoms with Gasteiger partial charge < -0.3 is 0 Å². The molecule has 90 valence electrons. The zero-order valence-electron chi connectivity index (χ0n) is 11.9. The van der Waals surface area contributed by atoms with Crippen molar-refractivity contribution in [1.29, 1.82) is 0 Å². The maximum atomic E-state index is 3.79. The van der Waals surface area contributed by atoms with Crippen LogP contribution in [0.1, 0.15) is 61.3 Å². The van der Waals surface area contributed by atoms with E-state index in [1.165, 1.54) is 17.6 Å². The fourth-order valence-electron chi connectivity index (χ4n) is 1.09. The van der Waals surface area contributed by atoms with Crippen molar-refractivity contribution in [1.82, 2.24) is 0 Å². The molecular weight excluding hydrogens is 180 g/mol. The van der Waals surface area contributed by atoms with Crippen LogP contribution >= 0.6 is 0 Å². The predicted octanol–water partition coefficient (Wildman–Crippen LogP) is 5.92. The molecule has 0 amide bonds. The molecule has 0 rings (SSSR count). The van der Waals surface area contributed by atoms with Crippen LogP contribution in [0, 0.1) is 0 Å². The quantitative estimate of drug-likeness (QED) is 0.505. The molecule has 0 fully saturated rings. The Labute approximate surface area is 97.8 Å². The minimum absolute atomic E-state index is 1.14. The van der Waals surface area contributed by atoms with Crippen LogP contribution in [0.15, 0.2) is 36.0 Å². The van der Waals surface area contributed by atoms with Crippen molar-refractivity contribution in [3.8, 4) is 0 Å². The summed E-state index contributed by atoms with van der Waals surface area (Å²) in [7, 11) is 0. The van der Waals surface area contributed by atoms with Gasteiger partial charge in [-0.15, -0.1) is 0 Å². The highest BCUT2D eigenvalue weighted by molar-refractivity contribution is 5.30. The fraction of sp³-hybridized carbons (Fsp3) is 0.600. The lowest BCUT2D eigenvalue weighted by atomic mass is 10.0. The molecule has 0 aromatic heterocycles. The van der Waals surface area contributed by atoms with Gasteiger partial charge >= 0.3 is 0 Å². The van der Waals surface area contributed by atoms with E-state index in [0.29, 0.717) is 0 Å². The fourth-order valence-corrected chi connectivity index (χ4v) is 1.09. The lowest BCUT2D eigenvalue weighted by Crippen LogP contribution is -1.81. The third-order valence-corrected chi connectivity index (χ3v) is 1.69. The Morgan fingerprint density at radius 2 is 1.60 bits per heavy atom. The van der Waals surface area contributed by atoms with Gasteiger partial charge in [-0.2, -0.15) is 0 Å². The Morgan fingerprint density at radius 3 is 1.87 bits per heavy atom. The van der Waals surface area contributed by atoms with Gasteiger partial charge in [-0.05, 0) is 31.4 Å². The summed E-state index contributed by atoms with van der Waals surface area (Å²) >= 11 is 0. The van der Waals surface area contributed by atoms with Gasteiger partial charge in [0.15, 0.2) is 0 Å². The molecular formula is C15H30. The number of hydrogen-bond acceptors (Lipinski definition) is 0. The molecule has 0 aliphatic heterocycles. The average Bonchev–Trinajstić information content (AvgIpc) is 2.31. The van der Waals surface area contributed by atoms with Gasteiger partial charge in [0.1, 0.15) is 0 Å². The van der Waals surface area contributed by atoms with Gasteiger partial charge in [-0.25, -0.2) is 0 Å². The molecule has 0 nitrogen and oxygen atoms in total. The molecule has 0 heterocycles. The molecule has 0 saturated carbocycles. The van der Waals surface area contributed by atoms with Gasteiger partial charge in [-0.1, -0.05) is 65.8 Å². The van der Waals surface area contributed by atoms with Crippen LogP contribution in [0.2, 0.25) is 0 Å². The summed E-state index contributed by atoms with van der Waals surface area (Å²) in [6, 6.07) is 0. The highest BCUT2D eigenvalue weighted by atomic mass is 14.0. The number of hydrogen-bond donors (Lipinski definition) is 0. The average molecular weight is 210 g/mol. The molecule has 0 saturated heterocycles. The summed E-state index contributed by atoms with van der Waals surface area (Å²) in [5, 5.41) is 0. The Hall–Kier alpha value is -0.780. The largest absolute Gasteiger partial charge is 0.0988 e. The smallest absolute Gasteiger partial charge is 0.0279 e. The maximum Gasteiger partial charge on any atom is -0.0279 e. The molecule has 0 aliphatic carbocycles. The van der Waals surface area contributed by atoms with Crippen molar-refractivity contribution in [2.24, 2.45) is 0 Å². The van der Waals surface area contributed by atoms with Crippen LogP contribution < -0.4 is 0 Å². The summed E-state index contributed by atoms with van der Waals surface area (Å²) in [4.78, 5) is 0. The van der Waals surface area contributed by atoms with Gasteiger partial charge in [0.05, 0.1) is 0 Å². The SMILES string of the molecule is C=C/C(CCC)=C(C)\C=C/C.CC.CC. The highest BCUT2D eigenvalue weighted by Gasteiger charge is 1.92. The molecule has 0 spiro atoms. The summed E-state index contributed by atoms with van der Waals surface area (Å²) in [6.07, 6.45) is 8.48. The van der Waals surface area contributed by atoms with Crippen LogP contribution in [0.3, 0.4) is 0 Å². The number of rotatable bonds is 4. The third-order valence-electron chi connectivity index (χ3n) is 1.69. The Kier molecular flexibility index (Phi) is 24.9. The molecule has 0 bridgehead atoms. The van der Waals surface area contributed by atoms with Gasteiger partial charge in [0.2, 0.25) is 0 Å². The van der Waals surface area contributed by atoms with E-state index in [2.05, 4.69) is 32.6 Å². The topological polar surface area (TPSA) is 0 Å². The van der Waals surface area contributed by atoms with E-state index in [0.717, 1.165) is 6.42 Å². The van der Waals surface area contributed by atoms with Crippen molar-refractivity contribution in [3.05, 3.63) is 36.0 Å². The monoisotopic (exact) mass is 210 g/mol. The standard InChI is InChI=1S/C11H18.2C2H6/c1-5-8-10(4)11(7-3)9-6-2;2*1-2/h5,7-8H,3,6,9H2,1-2,4H3;2*1-2H3/b8-5-,11-10+;;. The van der Waals surface area contributed by atoms with E-state index in [9.17, 15) is 0 Å². The minimum Gasteiger partial charge on any atom is -0.0988 e. The Balaban J connectivity index is -0.000000318. The van der Waals surface area contributed by atoms with E-state index < -0.39 is 0 Å². The maximum absolute atomic E-state index is 3.79. The van der Waals surface area contributed by atoms with Crippen molar-refractivity contribution in [2.75, 3.05) is 0 Å². The van der Waals surface area contributed by atoms with Crippen LogP contribution in [-0.4, -0.2) is 0 Å². The van der Waals surface area contributed by atoms with Crippen LogP contribution in [-0.2, 0) is 0 Å². The molecule has 0 N–H and O–H groups in total. The summed E-state index contributed by atoms with van der Waals surface area (Å²) in [6.45, 7) is 18.1. The van der Waals surface area contributed by atoms with E-state index in [1.54, 1.807) is 0 Å². The van der Waals surface area contributed by atoms with E-state index in [-0.39, 0.29) is 0 Å². The van der Waals surface area contributed by atoms with Crippen molar-refractivity contribution >= 4 is 0 Å². The van der Waals surface area contributed by atoms with Crippen LogP contribution in [0.4, 0.5) is 0 Å². The molecule has 15 heavy (non-hydrogen) atoms. The second-order valence-electron chi connectivity index (χ2n) is 2.66. The number of allylic oxidation sites excluding steroid dienone is 5. The summed E-state index contributed by atoms with van der Waals surface area (Å²) in [5.41, 5.74) is 2.70. The van der Waals surface area contributed by atoms with Crippen LogP contribution in [0.5, 0.6) is 0 Å². The van der Waals surface area contributed by atoms with Gasteiger partial charge in [0, 0.05) is 0 Å². The molecule has 0 aliphatic rings. The Morgan fingerprint density at radius 1 is 1.13 bits per heavy atom. The van der Waals surface area contributed by atoms with Gasteiger partial charge in [0.25, 0.3) is 0 Å². The lowest BCUT2D eigenvalue weighted by molar-refractivity contribution is 0.918. The molecule has 0 heteroatoms. The first-order valence-electron chi connectivity index (χ1n) is 6.21. The normalized spacial score (nSPS) is 10.6. The first-order chi connectivity index (χ1) is 7.26. The second-order valence-corrected chi connectivity index (χ2v) is 2.66. The second kappa shape index (κ2) is 18.9. The predicted molar refractivity (Wildman–Crippen MR) is 75.3 cm³/mol. The van der Waals surface area contributed by atoms with E-state index in [1.807, 2.05) is 40.7 Å². The first kappa shape index (κ1) is 19.7. The molecule has 0 radical (unpaired) electrons. The molecule has 0 aromatic carbocycles. The Bertz CT molecular complexity index is 170. The van der Waals surface area contributed by atoms with Crippen molar-refractivity contribution in [3.63, 3.8) is 0 Å². The summed E-state index contributed by atoms with van der Waals surface area (Å²) in [5.74, 6) is 0. The zero-order valence-corrected chi connectivity index (χ0v) is 11.9. The van der Waals surface area contributed by atoms with Gasteiger partial charge in [-0.3, -0.25) is 0 Å². The van der Waals surface area contributed by atoms with Crippen molar-refractivity contribution < 1.29 is 0 Å². The third kappa shape index (κ3) is 13.2. The first-order valence-corrected chi connectivity index (χ1v) is 6.21. The molecule has 0 unspecified atom stereocenters. The highest BCUT2D eigenvalue weighted by Crippen LogP contribution is 2.12. The molecule has 0 aromatic rings. The van der Waals surface area contributed by atoms with Crippen LogP contribution in [0.25, 0.3) is 0 Å². The molecule has 0 atom stereocenters. The minimum atomic E-state index is 1.14.